The van der Waals surface area contributed by atoms with Crippen molar-refractivity contribution in [2.75, 3.05) is 7.11 Å². The molecule has 1 aromatic carbocycles. The predicted octanol–water partition coefficient (Wildman–Crippen LogP) is 2.81. The molecule has 1 atom stereocenters. The molecule has 1 aromatic rings. The summed E-state index contributed by atoms with van der Waals surface area (Å²) >= 11 is 0. The highest BCUT2D eigenvalue weighted by Gasteiger charge is 2.31. The average molecular weight is 331 g/mol. The summed E-state index contributed by atoms with van der Waals surface area (Å²) in [6.45, 7) is 0. The molecule has 0 aromatic heterocycles. The van der Waals surface area contributed by atoms with Gasteiger partial charge in [-0.05, 0) is 43.4 Å². The van der Waals surface area contributed by atoms with Crippen LogP contribution in [0.4, 0.5) is 13.2 Å². The number of carbonyl (C=O) groups is 1. The fraction of sp³-hybridized carbons (Fsp3) is 0.562. The van der Waals surface area contributed by atoms with Gasteiger partial charge in [-0.1, -0.05) is 12.1 Å². The fourth-order valence-electron chi connectivity index (χ4n) is 2.73. The van der Waals surface area contributed by atoms with Crippen LogP contribution in [0.5, 0.6) is 0 Å². The van der Waals surface area contributed by atoms with Crippen molar-refractivity contribution in [3.63, 3.8) is 0 Å². The Balaban J connectivity index is 1.92. The van der Waals surface area contributed by atoms with E-state index in [0.717, 1.165) is 49.9 Å². The molecular formula is C16H20F3NO3. The number of methoxy groups -OCH3 is 1. The maximum atomic E-state index is 12.5. The summed E-state index contributed by atoms with van der Waals surface area (Å²) in [5.41, 5.74) is -0.673. The van der Waals surface area contributed by atoms with Crippen LogP contribution in [-0.4, -0.2) is 30.3 Å². The van der Waals surface area contributed by atoms with Crippen LogP contribution in [0.25, 0.3) is 0 Å². The van der Waals surface area contributed by atoms with Gasteiger partial charge in [0.15, 0.2) is 6.10 Å². The van der Waals surface area contributed by atoms with E-state index in [4.69, 9.17) is 4.74 Å². The molecule has 7 heteroatoms. The van der Waals surface area contributed by atoms with Gasteiger partial charge in [0.2, 0.25) is 0 Å². The van der Waals surface area contributed by atoms with Crippen molar-refractivity contribution in [2.45, 2.75) is 50.1 Å². The van der Waals surface area contributed by atoms with E-state index >= 15 is 0 Å². The first kappa shape index (κ1) is 17.7. The summed E-state index contributed by atoms with van der Waals surface area (Å²) in [6, 6.07) is 3.91. The lowest BCUT2D eigenvalue weighted by molar-refractivity contribution is -0.137. The Morgan fingerprint density at radius 1 is 1.22 bits per heavy atom. The number of carbonyl (C=O) groups excluding carboxylic acids is 1. The SMILES string of the molecule is CO[C@H]1CC[C@@H](NC(=O)C(O)c2ccc(C(F)(F)F)cc2)CC1. The predicted molar refractivity (Wildman–Crippen MR) is 77.6 cm³/mol. The minimum absolute atomic E-state index is 0.0435. The highest BCUT2D eigenvalue weighted by Crippen LogP contribution is 2.30. The van der Waals surface area contributed by atoms with Crippen molar-refractivity contribution in [3.8, 4) is 0 Å². The topological polar surface area (TPSA) is 58.6 Å². The van der Waals surface area contributed by atoms with Gasteiger partial charge in [-0.25, -0.2) is 0 Å². The van der Waals surface area contributed by atoms with Gasteiger partial charge in [-0.3, -0.25) is 4.79 Å². The molecule has 0 aliphatic heterocycles. The highest BCUT2D eigenvalue weighted by molar-refractivity contribution is 5.82. The van der Waals surface area contributed by atoms with Crippen molar-refractivity contribution >= 4 is 5.91 Å². The van der Waals surface area contributed by atoms with Crippen LogP contribution < -0.4 is 5.32 Å². The number of hydrogen-bond acceptors (Lipinski definition) is 3. The molecule has 0 radical (unpaired) electrons. The number of nitrogens with one attached hydrogen (secondary N) is 1. The number of amides is 1. The lowest BCUT2D eigenvalue weighted by atomic mass is 9.92. The summed E-state index contributed by atoms with van der Waals surface area (Å²) in [5.74, 6) is -0.592. The lowest BCUT2D eigenvalue weighted by Crippen LogP contribution is -2.41. The molecule has 1 fully saturated rings. The third-order valence-corrected chi connectivity index (χ3v) is 4.16. The van der Waals surface area contributed by atoms with Gasteiger partial charge in [0.1, 0.15) is 0 Å². The molecular weight excluding hydrogens is 311 g/mol. The average Bonchev–Trinajstić information content (AvgIpc) is 2.54. The van der Waals surface area contributed by atoms with Crippen molar-refractivity contribution in [1.82, 2.24) is 5.32 Å². The molecule has 0 bridgehead atoms. The number of aliphatic hydroxyl groups excluding tert-OH is 1. The van der Waals surface area contributed by atoms with E-state index in [1.54, 1.807) is 7.11 Å². The molecule has 0 spiro atoms. The second-order valence-electron chi connectivity index (χ2n) is 5.74. The Bertz CT molecular complexity index is 522. The minimum atomic E-state index is -4.44. The monoisotopic (exact) mass is 331 g/mol. The zero-order valence-electron chi connectivity index (χ0n) is 12.8. The van der Waals surface area contributed by atoms with Gasteiger partial charge < -0.3 is 15.2 Å². The molecule has 2 rings (SSSR count). The Morgan fingerprint density at radius 2 is 1.78 bits per heavy atom. The first-order valence-electron chi connectivity index (χ1n) is 7.49. The summed E-state index contributed by atoms with van der Waals surface area (Å²) in [4.78, 5) is 12.0. The number of hydrogen-bond donors (Lipinski definition) is 2. The van der Waals surface area contributed by atoms with Crippen LogP contribution >= 0.6 is 0 Å². The maximum absolute atomic E-state index is 12.5. The molecule has 1 unspecified atom stereocenters. The molecule has 1 aliphatic rings. The molecule has 2 N–H and O–H groups in total. The smallest absolute Gasteiger partial charge is 0.381 e. The van der Waals surface area contributed by atoms with Gasteiger partial charge in [-0.15, -0.1) is 0 Å². The van der Waals surface area contributed by atoms with Crippen molar-refractivity contribution in [1.29, 1.82) is 0 Å². The Kier molecular flexibility index (Phi) is 5.64. The van der Waals surface area contributed by atoms with Gasteiger partial charge in [0.05, 0.1) is 11.7 Å². The van der Waals surface area contributed by atoms with Gasteiger partial charge in [0.25, 0.3) is 5.91 Å². The van der Waals surface area contributed by atoms with E-state index in [-0.39, 0.29) is 17.7 Å². The lowest BCUT2D eigenvalue weighted by Gasteiger charge is -2.28. The molecule has 23 heavy (non-hydrogen) atoms. The normalized spacial score (nSPS) is 23.3. The largest absolute Gasteiger partial charge is 0.416 e. The quantitative estimate of drug-likeness (QED) is 0.892. The van der Waals surface area contributed by atoms with E-state index in [1.165, 1.54) is 0 Å². The zero-order chi connectivity index (χ0) is 17.0. The molecule has 0 saturated heterocycles. The number of aliphatic hydroxyl groups is 1. The van der Waals surface area contributed by atoms with Crippen LogP contribution in [0.15, 0.2) is 24.3 Å². The van der Waals surface area contributed by atoms with E-state index in [9.17, 15) is 23.1 Å². The van der Waals surface area contributed by atoms with Crippen LogP contribution in [0.2, 0.25) is 0 Å². The van der Waals surface area contributed by atoms with E-state index in [1.807, 2.05) is 0 Å². The first-order valence-corrected chi connectivity index (χ1v) is 7.49. The first-order chi connectivity index (χ1) is 10.8. The Morgan fingerprint density at radius 3 is 2.26 bits per heavy atom. The van der Waals surface area contributed by atoms with E-state index in [0.29, 0.717) is 0 Å². The third-order valence-electron chi connectivity index (χ3n) is 4.16. The summed E-state index contributed by atoms with van der Waals surface area (Å²) in [6.07, 6.45) is -2.55. The van der Waals surface area contributed by atoms with Crippen LogP contribution in [-0.2, 0) is 15.7 Å². The van der Waals surface area contributed by atoms with Crippen LogP contribution in [0.3, 0.4) is 0 Å². The summed E-state index contributed by atoms with van der Waals surface area (Å²) in [5, 5.41) is 12.7. The second-order valence-corrected chi connectivity index (χ2v) is 5.74. The van der Waals surface area contributed by atoms with Crippen molar-refractivity contribution in [2.24, 2.45) is 0 Å². The molecule has 1 saturated carbocycles. The van der Waals surface area contributed by atoms with E-state index in [2.05, 4.69) is 5.32 Å². The molecule has 1 aliphatic carbocycles. The third kappa shape index (κ3) is 4.68. The van der Waals surface area contributed by atoms with E-state index < -0.39 is 23.8 Å². The Hall–Kier alpha value is -1.60. The molecule has 1 amide bonds. The molecule has 0 heterocycles. The number of alkyl halides is 3. The van der Waals surface area contributed by atoms with Gasteiger partial charge in [0, 0.05) is 13.2 Å². The zero-order valence-corrected chi connectivity index (χ0v) is 12.8. The summed E-state index contributed by atoms with van der Waals surface area (Å²) < 4.78 is 42.7. The standard InChI is InChI=1S/C16H20F3NO3/c1-23-13-8-6-12(7-9-13)20-15(22)14(21)10-2-4-11(5-3-10)16(17,18)19/h2-5,12-14,21H,6-9H2,1H3,(H,20,22)/t12-,13+,14?. The van der Waals surface area contributed by atoms with Crippen LogP contribution in [0.1, 0.15) is 42.9 Å². The number of halogens is 3. The van der Waals surface area contributed by atoms with Gasteiger partial charge in [-0.2, -0.15) is 13.2 Å². The number of rotatable bonds is 4. The van der Waals surface area contributed by atoms with Crippen LogP contribution in [0, 0.1) is 0 Å². The fourth-order valence-corrected chi connectivity index (χ4v) is 2.73. The summed E-state index contributed by atoms with van der Waals surface area (Å²) in [7, 11) is 1.65. The second kappa shape index (κ2) is 7.31. The highest BCUT2D eigenvalue weighted by atomic mass is 19.4. The van der Waals surface area contributed by atoms with Crippen molar-refractivity contribution in [3.05, 3.63) is 35.4 Å². The molecule has 128 valence electrons. The molecule has 4 nitrogen and oxygen atoms in total. The Labute approximate surface area is 132 Å². The number of ether oxygens (including phenoxy) is 1. The van der Waals surface area contributed by atoms with Gasteiger partial charge >= 0.3 is 6.18 Å². The maximum Gasteiger partial charge on any atom is 0.416 e. The minimum Gasteiger partial charge on any atom is -0.381 e. The van der Waals surface area contributed by atoms with Crippen molar-refractivity contribution < 1.29 is 27.8 Å². The number of benzene rings is 1.